The molecule has 0 radical (unpaired) electrons. The Kier molecular flexibility index (Phi) is 3.53. The van der Waals surface area contributed by atoms with Crippen LogP contribution in [0.25, 0.3) is 10.9 Å². The second-order valence-electron chi connectivity index (χ2n) is 5.00. The van der Waals surface area contributed by atoms with Gasteiger partial charge in [0.05, 0.1) is 5.52 Å². The van der Waals surface area contributed by atoms with Crippen LogP contribution >= 0.6 is 0 Å². The van der Waals surface area contributed by atoms with Crippen molar-refractivity contribution in [1.29, 1.82) is 0 Å². The molecule has 0 amide bonds. The fraction of sp³-hybridized carbons (Fsp3) is 0.400. The van der Waals surface area contributed by atoms with Crippen molar-refractivity contribution in [3.63, 3.8) is 0 Å². The Hall–Kier alpha value is -1.61. The Bertz CT molecular complexity index is 573. The number of nitrogens with two attached hydrogens (primary N) is 1. The van der Waals surface area contributed by atoms with Crippen molar-refractivity contribution < 1.29 is 0 Å². The molecular weight excluding hydrogens is 222 g/mol. The summed E-state index contributed by atoms with van der Waals surface area (Å²) in [6.07, 6.45) is 0.865. The van der Waals surface area contributed by atoms with Crippen LogP contribution in [0.3, 0.4) is 0 Å². The van der Waals surface area contributed by atoms with Gasteiger partial charge in [-0.15, -0.1) is 0 Å². The highest BCUT2D eigenvalue weighted by atomic mass is 15.1. The van der Waals surface area contributed by atoms with Crippen LogP contribution in [0.2, 0.25) is 0 Å². The number of fused-ring (bicyclic) bond motifs is 1. The second-order valence-corrected chi connectivity index (χ2v) is 5.00. The summed E-state index contributed by atoms with van der Waals surface area (Å²) in [5, 5.41) is 1.24. The quantitative estimate of drug-likeness (QED) is 0.900. The molecule has 1 aromatic heterocycles. The molecule has 0 atom stereocenters. The molecule has 2 rings (SSSR count). The fourth-order valence-corrected chi connectivity index (χ4v) is 2.29. The van der Waals surface area contributed by atoms with Crippen molar-refractivity contribution in [3.8, 4) is 0 Å². The van der Waals surface area contributed by atoms with Gasteiger partial charge >= 0.3 is 0 Å². The number of hydrogen-bond donors (Lipinski definition) is 1. The van der Waals surface area contributed by atoms with E-state index in [1.807, 2.05) is 14.1 Å². The third-order valence-electron chi connectivity index (χ3n) is 3.30. The first kappa shape index (κ1) is 12.8. The minimum Gasteiger partial charge on any atom is -0.362 e. The summed E-state index contributed by atoms with van der Waals surface area (Å²) < 4.78 is 0. The van der Waals surface area contributed by atoms with E-state index >= 15 is 0 Å². The SMILES string of the molecule is Cc1ccc(C)c2nc(N(C)C)c(CCN)cc12. The first-order valence-electron chi connectivity index (χ1n) is 6.32. The molecule has 3 nitrogen and oxygen atoms in total. The van der Waals surface area contributed by atoms with Crippen molar-refractivity contribution in [2.45, 2.75) is 20.3 Å². The molecule has 2 aromatic rings. The zero-order chi connectivity index (χ0) is 13.3. The summed E-state index contributed by atoms with van der Waals surface area (Å²) in [4.78, 5) is 6.89. The van der Waals surface area contributed by atoms with E-state index in [2.05, 4.69) is 36.9 Å². The van der Waals surface area contributed by atoms with Gasteiger partial charge in [0.15, 0.2) is 0 Å². The molecule has 0 saturated heterocycles. The summed E-state index contributed by atoms with van der Waals surface area (Å²) in [7, 11) is 4.05. The molecular formula is C15H21N3. The second kappa shape index (κ2) is 4.94. The lowest BCUT2D eigenvalue weighted by Gasteiger charge is -2.18. The van der Waals surface area contributed by atoms with Gasteiger partial charge < -0.3 is 10.6 Å². The highest BCUT2D eigenvalue weighted by Gasteiger charge is 2.10. The van der Waals surface area contributed by atoms with Crippen LogP contribution in [-0.4, -0.2) is 25.6 Å². The molecule has 2 N–H and O–H groups in total. The molecule has 0 aliphatic heterocycles. The lowest BCUT2D eigenvalue weighted by molar-refractivity contribution is 0.942. The van der Waals surface area contributed by atoms with Gasteiger partial charge in [-0.25, -0.2) is 4.98 Å². The van der Waals surface area contributed by atoms with Gasteiger partial charge in [-0.3, -0.25) is 0 Å². The van der Waals surface area contributed by atoms with Gasteiger partial charge in [-0.05, 0) is 49.6 Å². The number of aryl methyl sites for hydroxylation is 2. The molecule has 0 aliphatic carbocycles. The van der Waals surface area contributed by atoms with E-state index < -0.39 is 0 Å². The topological polar surface area (TPSA) is 42.2 Å². The summed E-state index contributed by atoms with van der Waals surface area (Å²) in [6.45, 7) is 4.89. The van der Waals surface area contributed by atoms with E-state index in [0.717, 1.165) is 17.8 Å². The van der Waals surface area contributed by atoms with E-state index in [-0.39, 0.29) is 0 Å². The average Bonchev–Trinajstić information content (AvgIpc) is 2.34. The van der Waals surface area contributed by atoms with Gasteiger partial charge in [0, 0.05) is 19.5 Å². The molecule has 1 heterocycles. The number of nitrogens with zero attached hydrogens (tertiary/aromatic N) is 2. The Morgan fingerprint density at radius 1 is 1.17 bits per heavy atom. The fourth-order valence-electron chi connectivity index (χ4n) is 2.29. The zero-order valence-corrected chi connectivity index (χ0v) is 11.6. The Morgan fingerprint density at radius 3 is 2.44 bits per heavy atom. The average molecular weight is 243 g/mol. The molecule has 0 bridgehead atoms. The summed E-state index contributed by atoms with van der Waals surface area (Å²) in [5.74, 6) is 1.03. The molecule has 0 aliphatic rings. The van der Waals surface area contributed by atoms with Crippen molar-refractivity contribution >= 4 is 16.7 Å². The predicted molar refractivity (Wildman–Crippen MR) is 78.3 cm³/mol. The third kappa shape index (κ3) is 2.18. The standard InChI is InChI=1S/C15H21N3/c1-10-5-6-11(2)14-13(10)9-12(7-8-16)15(17-14)18(3)4/h5-6,9H,7-8,16H2,1-4H3. The summed E-state index contributed by atoms with van der Waals surface area (Å²) in [5.41, 5.74) is 10.5. The van der Waals surface area contributed by atoms with Crippen LogP contribution in [0, 0.1) is 13.8 Å². The van der Waals surface area contributed by atoms with Crippen molar-refractivity contribution in [3.05, 3.63) is 34.9 Å². The Labute approximate surface area is 109 Å². The number of rotatable bonds is 3. The maximum atomic E-state index is 5.70. The van der Waals surface area contributed by atoms with E-state index in [1.165, 1.54) is 22.1 Å². The van der Waals surface area contributed by atoms with Crippen LogP contribution in [0.5, 0.6) is 0 Å². The van der Waals surface area contributed by atoms with Crippen LogP contribution in [0.1, 0.15) is 16.7 Å². The number of anilines is 1. The van der Waals surface area contributed by atoms with Crippen molar-refractivity contribution in [2.75, 3.05) is 25.5 Å². The normalized spacial score (nSPS) is 10.9. The third-order valence-corrected chi connectivity index (χ3v) is 3.30. The van der Waals surface area contributed by atoms with Crippen molar-refractivity contribution in [1.82, 2.24) is 4.98 Å². The number of hydrogen-bond acceptors (Lipinski definition) is 3. The summed E-state index contributed by atoms with van der Waals surface area (Å²) >= 11 is 0. The first-order valence-corrected chi connectivity index (χ1v) is 6.32. The van der Waals surface area contributed by atoms with E-state index in [1.54, 1.807) is 0 Å². The van der Waals surface area contributed by atoms with Gasteiger partial charge in [-0.2, -0.15) is 0 Å². The minimum absolute atomic E-state index is 0.652. The zero-order valence-electron chi connectivity index (χ0n) is 11.6. The lowest BCUT2D eigenvalue weighted by atomic mass is 10.0. The molecule has 1 aromatic carbocycles. The van der Waals surface area contributed by atoms with Crippen molar-refractivity contribution in [2.24, 2.45) is 5.73 Å². The monoisotopic (exact) mass is 243 g/mol. The predicted octanol–water partition coefficient (Wildman–Crippen LogP) is 2.42. The Balaban J connectivity index is 2.75. The molecule has 0 saturated carbocycles. The smallest absolute Gasteiger partial charge is 0.132 e. The molecule has 0 spiro atoms. The van der Waals surface area contributed by atoms with Crippen LogP contribution < -0.4 is 10.6 Å². The number of benzene rings is 1. The molecule has 3 heteroatoms. The Morgan fingerprint density at radius 2 is 1.83 bits per heavy atom. The largest absolute Gasteiger partial charge is 0.362 e. The van der Waals surface area contributed by atoms with Gasteiger partial charge in [0.1, 0.15) is 5.82 Å². The maximum Gasteiger partial charge on any atom is 0.132 e. The number of aromatic nitrogens is 1. The molecule has 96 valence electrons. The number of pyridine rings is 1. The maximum absolute atomic E-state index is 5.70. The van der Waals surface area contributed by atoms with Gasteiger partial charge in [0.2, 0.25) is 0 Å². The summed E-state index contributed by atoms with van der Waals surface area (Å²) in [6, 6.07) is 6.53. The van der Waals surface area contributed by atoms with Gasteiger partial charge in [0.25, 0.3) is 0 Å². The lowest BCUT2D eigenvalue weighted by Crippen LogP contribution is -2.15. The highest BCUT2D eigenvalue weighted by molar-refractivity contribution is 5.87. The molecule has 18 heavy (non-hydrogen) atoms. The van der Waals surface area contributed by atoms with E-state index in [9.17, 15) is 0 Å². The van der Waals surface area contributed by atoms with Crippen LogP contribution in [0.15, 0.2) is 18.2 Å². The van der Waals surface area contributed by atoms with Crippen LogP contribution in [-0.2, 0) is 6.42 Å². The minimum atomic E-state index is 0.652. The van der Waals surface area contributed by atoms with E-state index in [4.69, 9.17) is 10.7 Å². The molecule has 0 fully saturated rings. The van der Waals surface area contributed by atoms with Crippen LogP contribution in [0.4, 0.5) is 5.82 Å². The highest BCUT2D eigenvalue weighted by Crippen LogP contribution is 2.27. The first-order chi connectivity index (χ1) is 8.54. The molecule has 0 unspecified atom stereocenters. The van der Waals surface area contributed by atoms with E-state index in [0.29, 0.717) is 6.54 Å². The van der Waals surface area contributed by atoms with Gasteiger partial charge in [-0.1, -0.05) is 12.1 Å².